The lowest BCUT2D eigenvalue weighted by atomic mass is 9.94. The lowest BCUT2D eigenvalue weighted by Crippen LogP contribution is -2.43. The molecule has 1 unspecified atom stereocenters. The number of amides is 1. The van der Waals surface area contributed by atoms with E-state index in [0.29, 0.717) is 19.5 Å². The van der Waals surface area contributed by atoms with Crippen molar-refractivity contribution in [2.75, 3.05) is 26.2 Å². The van der Waals surface area contributed by atoms with Crippen molar-refractivity contribution in [2.45, 2.75) is 77.9 Å². The van der Waals surface area contributed by atoms with E-state index < -0.39 is 6.10 Å². The number of rotatable bonds is 6. The van der Waals surface area contributed by atoms with Crippen LogP contribution in [0, 0.1) is 0 Å². The minimum Gasteiger partial charge on any atom is -0.481 e. The summed E-state index contributed by atoms with van der Waals surface area (Å²) in [5.74, 6) is 2.58. The van der Waals surface area contributed by atoms with Gasteiger partial charge in [0.2, 0.25) is 5.89 Å². The summed E-state index contributed by atoms with van der Waals surface area (Å²) in [7, 11) is 0. The maximum absolute atomic E-state index is 13.3. The molecule has 1 amide bonds. The average molecular weight is 440 g/mol. The summed E-state index contributed by atoms with van der Waals surface area (Å²) in [4.78, 5) is 22.0. The first-order valence-electron chi connectivity index (χ1n) is 12.1. The molecule has 2 heterocycles. The van der Waals surface area contributed by atoms with E-state index >= 15 is 0 Å². The molecular weight excluding hydrogens is 402 g/mol. The summed E-state index contributed by atoms with van der Waals surface area (Å²) >= 11 is 0. The summed E-state index contributed by atoms with van der Waals surface area (Å²) in [5.41, 5.74) is 2.75. The van der Waals surface area contributed by atoms with Crippen molar-refractivity contribution >= 4 is 5.91 Å². The number of hydrogen-bond acceptors (Lipinski definition) is 5. The maximum Gasteiger partial charge on any atom is 0.263 e. The van der Waals surface area contributed by atoms with E-state index in [9.17, 15) is 4.79 Å². The Kier molecular flexibility index (Phi) is 6.89. The third kappa shape index (κ3) is 5.34. The fraction of sp³-hybridized carbons (Fsp3) is 0.615. The molecular formula is C26H37N3O3. The van der Waals surface area contributed by atoms with Crippen LogP contribution in [0.15, 0.2) is 28.8 Å². The fourth-order valence-corrected chi connectivity index (χ4v) is 4.57. The first-order chi connectivity index (χ1) is 15.3. The van der Waals surface area contributed by atoms with Crippen molar-refractivity contribution in [1.29, 1.82) is 0 Å². The molecule has 6 nitrogen and oxygen atoms in total. The average Bonchev–Trinajstić information content (AvgIpc) is 3.36. The van der Waals surface area contributed by atoms with Gasteiger partial charge in [-0.1, -0.05) is 33.8 Å². The molecule has 4 rings (SSSR count). The molecule has 6 heteroatoms. The van der Waals surface area contributed by atoms with E-state index in [4.69, 9.17) is 9.15 Å². The standard InChI is InChI=1S/C26H37N3O3/c1-5-22(31-21-11-10-19-8-6-9-20(19)16-21)25(30)29-13-7-12-28(14-15-29)18-24-27-17-23(32-24)26(2,3)4/h10-11,16-17,22H,5-9,12-15,18H2,1-4H3. The number of fused-ring (bicyclic) bond motifs is 1. The molecule has 32 heavy (non-hydrogen) atoms. The van der Waals surface area contributed by atoms with E-state index in [1.165, 1.54) is 17.5 Å². The summed E-state index contributed by atoms with van der Waals surface area (Å²) in [6.07, 6.45) is 6.50. The Morgan fingerprint density at radius 2 is 1.94 bits per heavy atom. The van der Waals surface area contributed by atoms with Crippen LogP contribution in [0.4, 0.5) is 0 Å². The summed E-state index contributed by atoms with van der Waals surface area (Å²) < 4.78 is 12.1. The molecule has 1 fully saturated rings. The lowest BCUT2D eigenvalue weighted by molar-refractivity contribution is -0.138. The minimum atomic E-state index is -0.429. The Bertz CT molecular complexity index is 931. The monoisotopic (exact) mass is 439 g/mol. The van der Waals surface area contributed by atoms with Crippen molar-refractivity contribution in [3.05, 3.63) is 47.2 Å². The van der Waals surface area contributed by atoms with E-state index in [1.807, 2.05) is 24.1 Å². The Balaban J connectivity index is 1.33. The van der Waals surface area contributed by atoms with Crippen LogP contribution in [0.2, 0.25) is 0 Å². The van der Waals surface area contributed by atoms with Crippen LogP contribution in [-0.2, 0) is 29.6 Å². The molecule has 174 valence electrons. The van der Waals surface area contributed by atoms with E-state index in [-0.39, 0.29) is 11.3 Å². The molecule has 1 aliphatic carbocycles. The highest BCUT2D eigenvalue weighted by molar-refractivity contribution is 5.81. The zero-order chi connectivity index (χ0) is 22.7. The Hall–Kier alpha value is -2.34. The number of benzene rings is 1. The van der Waals surface area contributed by atoms with Gasteiger partial charge in [0.25, 0.3) is 5.91 Å². The van der Waals surface area contributed by atoms with Gasteiger partial charge >= 0.3 is 0 Å². The van der Waals surface area contributed by atoms with Crippen molar-refractivity contribution < 1.29 is 13.9 Å². The third-order valence-electron chi connectivity index (χ3n) is 6.55. The first-order valence-corrected chi connectivity index (χ1v) is 12.1. The van der Waals surface area contributed by atoms with Gasteiger partial charge in [0.15, 0.2) is 6.10 Å². The number of aromatic nitrogens is 1. The molecule has 1 aliphatic heterocycles. The van der Waals surface area contributed by atoms with Gasteiger partial charge < -0.3 is 14.1 Å². The molecule has 2 aliphatic rings. The van der Waals surface area contributed by atoms with Gasteiger partial charge in [-0.05, 0) is 55.4 Å². The second-order valence-corrected chi connectivity index (χ2v) is 10.1. The zero-order valence-corrected chi connectivity index (χ0v) is 20.0. The van der Waals surface area contributed by atoms with Crippen molar-refractivity contribution in [1.82, 2.24) is 14.8 Å². The van der Waals surface area contributed by atoms with Gasteiger partial charge in [-0.2, -0.15) is 0 Å². The minimum absolute atomic E-state index is 0.0404. The summed E-state index contributed by atoms with van der Waals surface area (Å²) in [5, 5.41) is 0. The summed E-state index contributed by atoms with van der Waals surface area (Å²) in [6.45, 7) is 12.3. The molecule has 1 atom stereocenters. The van der Waals surface area contributed by atoms with Crippen LogP contribution in [-0.4, -0.2) is 53.0 Å². The number of ether oxygens (including phenoxy) is 1. The molecule has 1 aromatic carbocycles. The molecule has 1 saturated heterocycles. The second kappa shape index (κ2) is 9.65. The number of aryl methyl sites for hydroxylation is 2. The third-order valence-corrected chi connectivity index (χ3v) is 6.55. The number of carbonyl (C=O) groups excluding carboxylic acids is 1. The highest BCUT2D eigenvalue weighted by Gasteiger charge is 2.28. The fourth-order valence-electron chi connectivity index (χ4n) is 4.57. The van der Waals surface area contributed by atoms with E-state index in [0.717, 1.165) is 56.3 Å². The number of oxazole rings is 1. The Morgan fingerprint density at radius 1 is 1.12 bits per heavy atom. The van der Waals surface area contributed by atoms with Gasteiger partial charge in [0, 0.05) is 31.6 Å². The van der Waals surface area contributed by atoms with Crippen LogP contribution in [0.1, 0.15) is 69.7 Å². The van der Waals surface area contributed by atoms with Gasteiger partial charge in [0.05, 0.1) is 12.7 Å². The highest BCUT2D eigenvalue weighted by Crippen LogP contribution is 2.27. The predicted octanol–water partition coefficient (Wildman–Crippen LogP) is 4.35. The lowest BCUT2D eigenvalue weighted by Gasteiger charge is -2.26. The van der Waals surface area contributed by atoms with Gasteiger partial charge in [-0.25, -0.2) is 4.98 Å². The molecule has 0 saturated carbocycles. The van der Waals surface area contributed by atoms with Gasteiger partial charge in [-0.3, -0.25) is 9.69 Å². The Morgan fingerprint density at radius 3 is 2.69 bits per heavy atom. The van der Waals surface area contributed by atoms with Crippen LogP contribution >= 0.6 is 0 Å². The van der Waals surface area contributed by atoms with E-state index in [2.05, 4.69) is 42.8 Å². The highest BCUT2D eigenvalue weighted by atomic mass is 16.5. The van der Waals surface area contributed by atoms with E-state index in [1.54, 1.807) is 0 Å². The number of nitrogens with zero attached hydrogens (tertiary/aromatic N) is 3. The Labute approximate surface area is 191 Å². The molecule has 1 aromatic heterocycles. The van der Waals surface area contributed by atoms with Crippen LogP contribution in [0.5, 0.6) is 5.75 Å². The van der Waals surface area contributed by atoms with Gasteiger partial charge in [0.1, 0.15) is 11.5 Å². The predicted molar refractivity (Wildman–Crippen MR) is 125 cm³/mol. The van der Waals surface area contributed by atoms with Crippen molar-refractivity contribution in [3.8, 4) is 5.75 Å². The zero-order valence-electron chi connectivity index (χ0n) is 20.0. The normalized spacial score (nSPS) is 18.3. The number of carbonyl (C=O) groups is 1. The van der Waals surface area contributed by atoms with Gasteiger partial charge in [-0.15, -0.1) is 0 Å². The first kappa shape index (κ1) is 22.8. The summed E-state index contributed by atoms with van der Waals surface area (Å²) in [6, 6.07) is 6.31. The molecule has 2 aromatic rings. The SMILES string of the molecule is CCC(Oc1ccc2c(c1)CCC2)C(=O)N1CCCN(Cc2ncc(C(C)(C)C)o2)CC1. The smallest absolute Gasteiger partial charge is 0.263 e. The van der Waals surface area contributed by atoms with Crippen LogP contribution in [0.25, 0.3) is 0 Å². The largest absolute Gasteiger partial charge is 0.481 e. The van der Waals surface area contributed by atoms with Crippen LogP contribution < -0.4 is 4.74 Å². The topological polar surface area (TPSA) is 58.8 Å². The maximum atomic E-state index is 13.3. The number of hydrogen-bond donors (Lipinski definition) is 0. The molecule has 0 spiro atoms. The second-order valence-electron chi connectivity index (χ2n) is 10.1. The van der Waals surface area contributed by atoms with Crippen molar-refractivity contribution in [3.63, 3.8) is 0 Å². The van der Waals surface area contributed by atoms with Crippen molar-refractivity contribution in [2.24, 2.45) is 0 Å². The molecule has 0 N–H and O–H groups in total. The molecule has 0 bridgehead atoms. The quantitative estimate of drug-likeness (QED) is 0.670. The van der Waals surface area contributed by atoms with Crippen LogP contribution in [0.3, 0.4) is 0 Å². The molecule has 0 radical (unpaired) electrons.